The van der Waals surface area contributed by atoms with Crippen LogP contribution in [-0.2, 0) is 6.42 Å². The van der Waals surface area contributed by atoms with Crippen molar-refractivity contribution in [3.05, 3.63) is 47.8 Å². The minimum Gasteiger partial charge on any atom is -0.478 e. The lowest BCUT2D eigenvalue weighted by molar-refractivity contribution is 0.0696. The van der Waals surface area contributed by atoms with Crippen LogP contribution in [0.2, 0.25) is 0 Å². The predicted octanol–water partition coefficient (Wildman–Crippen LogP) is 2.79. The summed E-state index contributed by atoms with van der Waals surface area (Å²) < 4.78 is 0. The average molecular weight is 242 g/mol. The van der Waals surface area contributed by atoms with E-state index in [2.05, 4.69) is 16.9 Å². The highest BCUT2D eigenvalue weighted by atomic mass is 16.4. The summed E-state index contributed by atoms with van der Waals surface area (Å²) in [5.41, 5.74) is 2.27. The van der Waals surface area contributed by atoms with Crippen molar-refractivity contribution in [3.63, 3.8) is 0 Å². The Bertz CT molecular complexity index is 533. The molecule has 2 aromatic rings. The highest BCUT2D eigenvalue weighted by Crippen LogP contribution is 2.16. The normalized spacial score (nSPS) is 10.3. The minimum absolute atomic E-state index is 0.0985. The van der Waals surface area contributed by atoms with Gasteiger partial charge in [0.25, 0.3) is 0 Å². The van der Waals surface area contributed by atoms with E-state index in [1.807, 2.05) is 24.3 Å². The summed E-state index contributed by atoms with van der Waals surface area (Å²) in [6.07, 6.45) is 4.82. The van der Waals surface area contributed by atoms with E-state index < -0.39 is 5.97 Å². The van der Waals surface area contributed by atoms with Gasteiger partial charge in [-0.3, -0.25) is 0 Å². The van der Waals surface area contributed by atoms with Crippen LogP contribution < -0.4 is 0 Å². The van der Waals surface area contributed by atoms with E-state index in [9.17, 15) is 4.79 Å². The molecule has 0 fully saturated rings. The SMILES string of the molecule is CCCc1ccc(-c2ncc(C(=O)O)cn2)cc1. The molecule has 0 aliphatic rings. The molecule has 0 bridgehead atoms. The van der Waals surface area contributed by atoms with E-state index in [-0.39, 0.29) is 5.56 Å². The Morgan fingerprint density at radius 1 is 1.17 bits per heavy atom. The maximum atomic E-state index is 10.7. The molecule has 92 valence electrons. The maximum Gasteiger partial charge on any atom is 0.338 e. The molecule has 2 rings (SSSR count). The van der Waals surface area contributed by atoms with Gasteiger partial charge in [-0.25, -0.2) is 14.8 Å². The number of hydrogen-bond donors (Lipinski definition) is 1. The van der Waals surface area contributed by atoms with Crippen LogP contribution >= 0.6 is 0 Å². The number of aromatic carboxylic acids is 1. The molecule has 0 aliphatic carbocycles. The first-order valence-corrected chi connectivity index (χ1v) is 5.85. The van der Waals surface area contributed by atoms with Crippen LogP contribution in [0.25, 0.3) is 11.4 Å². The van der Waals surface area contributed by atoms with Gasteiger partial charge in [0, 0.05) is 18.0 Å². The summed E-state index contributed by atoms with van der Waals surface area (Å²) in [6.45, 7) is 2.14. The standard InChI is InChI=1S/C14H14N2O2/c1-2-3-10-4-6-11(7-5-10)13-15-8-12(9-16-13)14(17)18/h4-9H,2-3H2,1H3,(H,17,18). The zero-order chi connectivity index (χ0) is 13.0. The van der Waals surface area contributed by atoms with Gasteiger partial charge in [0.15, 0.2) is 5.82 Å². The van der Waals surface area contributed by atoms with Crippen LogP contribution in [0.1, 0.15) is 29.3 Å². The monoisotopic (exact) mass is 242 g/mol. The van der Waals surface area contributed by atoms with E-state index in [1.54, 1.807) is 0 Å². The number of carbonyl (C=O) groups is 1. The molecule has 0 spiro atoms. The molecule has 4 nitrogen and oxygen atoms in total. The maximum absolute atomic E-state index is 10.7. The zero-order valence-electron chi connectivity index (χ0n) is 10.1. The Balaban J connectivity index is 2.23. The van der Waals surface area contributed by atoms with Crippen LogP contribution in [0.15, 0.2) is 36.7 Å². The number of hydrogen-bond acceptors (Lipinski definition) is 3. The van der Waals surface area contributed by atoms with E-state index >= 15 is 0 Å². The van der Waals surface area contributed by atoms with Gasteiger partial charge in [-0.05, 0) is 12.0 Å². The Morgan fingerprint density at radius 3 is 2.28 bits per heavy atom. The number of aromatic nitrogens is 2. The lowest BCUT2D eigenvalue weighted by atomic mass is 10.1. The van der Waals surface area contributed by atoms with Crippen molar-refractivity contribution < 1.29 is 9.90 Å². The molecule has 0 unspecified atom stereocenters. The quantitative estimate of drug-likeness (QED) is 0.895. The van der Waals surface area contributed by atoms with E-state index in [1.165, 1.54) is 18.0 Å². The molecule has 4 heteroatoms. The number of rotatable bonds is 4. The smallest absolute Gasteiger partial charge is 0.338 e. The molecule has 0 radical (unpaired) electrons. The number of aryl methyl sites for hydroxylation is 1. The Labute approximate surface area is 105 Å². The molecule has 1 heterocycles. The van der Waals surface area contributed by atoms with Crippen molar-refractivity contribution in [1.82, 2.24) is 9.97 Å². The summed E-state index contributed by atoms with van der Waals surface area (Å²) in [6, 6.07) is 8.02. The van der Waals surface area contributed by atoms with Crippen molar-refractivity contribution in [2.75, 3.05) is 0 Å². The molecule has 1 N–H and O–H groups in total. The first-order chi connectivity index (χ1) is 8.70. The fourth-order valence-electron chi connectivity index (χ4n) is 1.70. The highest BCUT2D eigenvalue weighted by Gasteiger charge is 2.05. The van der Waals surface area contributed by atoms with E-state index in [0.29, 0.717) is 5.82 Å². The van der Waals surface area contributed by atoms with E-state index in [0.717, 1.165) is 18.4 Å². The van der Waals surface area contributed by atoms with E-state index in [4.69, 9.17) is 5.11 Å². The fraction of sp³-hybridized carbons (Fsp3) is 0.214. The molecular formula is C14H14N2O2. The number of carboxylic acid groups (broad SMARTS) is 1. The summed E-state index contributed by atoms with van der Waals surface area (Å²) in [5, 5.41) is 8.76. The van der Waals surface area contributed by atoms with Crippen molar-refractivity contribution >= 4 is 5.97 Å². The van der Waals surface area contributed by atoms with Crippen LogP contribution in [0.3, 0.4) is 0 Å². The molecule has 18 heavy (non-hydrogen) atoms. The minimum atomic E-state index is -1.01. The van der Waals surface area contributed by atoms with Crippen LogP contribution in [-0.4, -0.2) is 21.0 Å². The molecule has 0 atom stereocenters. The first-order valence-electron chi connectivity index (χ1n) is 5.85. The Kier molecular flexibility index (Phi) is 3.67. The summed E-state index contributed by atoms with van der Waals surface area (Å²) >= 11 is 0. The second-order valence-electron chi connectivity index (χ2n) is 4.05. The van der Waals surface area contributed by atoms with Gasteiger partial charge < -0.3 is 5.11 Å². The number of nitrogens with zero attached hydrogens (tertiary/aromatic N) is 2. The zero-order valence-corrected chi connectivity index (χ0v) is 10.1. The third-order valence-electron chi connectivity index (χ3n) is 2.65. The van der Waals surface area contributed by atoms with Gasteiger partial charge in [0.2, 0.25) is 0 Å². The average Bonchev–Trinajstić information content (AvgIpc) is 2.40. The lowest BCUT2D eigenvalue weighted by Gasteiger charge is -2.02. The molecule has 1 aromatic carbocycles. The lowest BCUT2D eigenvalue weighted by Crippen LogP contribution is -1.99. The van der Waals surface area contributed by atoms with Gasteiger partial charge in [-0.2, -0.15) is 0 Å². The predicted molar refractivity (Wildman–Crippen MR) is 68.4 cm³/mol. The van der Waals surface area contributed by atoms with Gasteiger partial charge in [0.1, 0.15) is 0 Å². The van der Waals surface area contributed by atoms with Gasteiger partial charge in [0.05, 0.1) is 5.56 Å². The molecule has 1 aromatic heterocycles. The largest absolute Gasteiger partial charge is 0.478 e. The molecular weight excluding hydrogens is 228 g/mol. The summed E-state index contributed by atoms with van der Waals surface area (Å²) in [4.78, 5) is 18.8. The molecule has 0 amide bonds. The summed E-state index contributed by atoms with van der Waals surface area (Å²) in [7, 11) is 0. The second-order valence-corrected chi connectivity index (χ2v) is 4.05. The van der Waals surface area contributed by atoms with Gasteiger partial charge >= 0.3 is 5.97 Å². The Morgan fingerprint density at radius 2 is 1.78 bits per heavy atom. The van der Waals surface area contributed by atoms with Crippen molar-refractivity contribution in [2.24, 2.45) is 0 Å². The number of benzene rings is 1. The van der Waals surface area contributed by atoms with Gasteiger partial charge in [-0.1, -0.05) is 37.6 Å². The van der Waals surface area contributed by atoms with Crippen LogP contribution in [0.4, 0.5) is 0 Å². The summed E-state index contributed by atoms with van der Waals surface area (Å²) in [5.74, 6) is -0.470. The number of carboxylic acids is 1. The van der Waals surface area contributed by atoms with Gasteiger partial charge in [-0.15, -0.1) is 0 Å². The Hall–Kier alpha value is -2.23. The van der Waals surface area contributed by atoms with Crippen LogP contribution in [0.5, 0.6) is 0 Å². The molecule has 0 saturated heterocycles. The second kappa shape index (κ2) is 5.40. The van der Waals surface area contributed by atoms with Crippen molar-refractivity contribution in [3.8, 4) is 11.4 Å². The topological polar surface area (TPSA) is 63.1 Å². The fourth-order valence-corrected chi connectivity index (χ4v) is 1.70. The first kappa shape index (κ1) is 12.2. The molecule has 0 saturated carbocycles. The highest BCUT2D eigenvalue weighted by molar-refractivity contribution is 5.86. The third-order valence-corrected chi connectivity index (χ3v) is 2.65. The third kappa shape index (κ3) is 2.71. The molecule has 0 aliphatic heterocycles. The van der Waals surface area contributed by atoms with Crippen LogP contribution in [0, 0.1) is 0 Å². The van der Waals surface area contributed by atoms with Crippen molar-refractivity contribution in [2.45, 2.75) is 19.8 Å². The van der Waals surface area contributed by atoms with Crippen molar-refractivity contribution in [1.29, 1.82) is 0 Å².